The van der Waals surface area contributed by atoms with Gasteiger partial charge in [-0.15, -0.1) is 11.3 Å². The predicted molar refractivity (Wildman–Crippen MR) is 90.9 cm³/mol. The van der Waals surface area contributed by atoms with E-state index in [0.717, 1.165) is 36.5 Å². The van der Waals surface area contributed by atoms with E-state index < -0.39 is 38.3 Å². The molecule has 0 fully saturated rings. The Morgan fingerprint density at radius 3 is 2.32 bits per heavy atom. The van der Waals surface area contributed by atoms with Crippen molar-refractivity contribution < 1.29 is 26.4 Å². The first kappa shape index (κ1) is 19.8. The number of halogens is 5. The number of nitrogens with one attached hydrogen (secondary N) is 2. The summed E-state index contributed by atoms with van der Waals surface area (Å²) in [7, 11) is -4.39. The van der Waals surface area contributed by atoms with Crippen LogP contribution < -0.4 is 10.0 Å². The van der Waals surface area contributed by atoms with Gasteiger partial charge in [-0.25, -0.2) is 8.42 Å². The van der Waals surface area contributed by atoms with E-state index in [0.29, 0.717) is 6.07 Å². The summed E-state index contributed by atoms with van der Waals surface area (Å²) in [5.41, 5.74) is -2.10. The molecule has 2 rings (SSSR count). The fourth-order valence-corrected chi connectivity index (χ4v) is 5.09. The minimum Gasteiger partial charge on any atom is -0.326 e. The van der Waals surface area contributed by atoms with Crippen molar-refractivity contribution in [2.45, 2.75) is 18.0 Å². The Bertz CT molecular complexity index is 927. The number of sulfonamides is 1. The number of amides is 1. The summed E-state index contributed by atoms with van der Waals surface area (Å²) in [6, 6.07) is 3.70. The molecule has 0 saturated heterocycles. The smallest absolute Gasteiger partial charge is 0.326 e. The Hall–Kier alpha value is -1.49. The molecule has 0 aliphatic carbocycles. The summed E-state index contributed by atoms with van der Waals surface area (Å²) in [5, 5.41) is 2.20. The van der Waals surface area contributed by atoms with E-state index in [1.165, 1.54) is 0 Å². The first-order valence-electron chi connectivity index (χ1n) is 6.36. The van der Waals surface area contributed by atoms with Crippen LogP contribution in [0.4, 0.5) is 24.5 Å². The molecule has 0 spiro atoms. The number of alkyl halides is 3. The molecule has 1 heterocycles. The molecule has 1 aromatic carbocycles. The molecule has 0 saturated carbocycles. The SMILES string of the molecule is CC(=O)Nc1ccc(NS(=O)(=O)c2cc(Cl)sc2Cl)c(C(F)(F)F)c1. The third-order valence-corrected chi connectivity index (χ3v) is 5.92. The van der Waals surface area contributed by atoms with E-state index in [-0.39, 0.29) is 14.4 Å². The lowest BCUT2D eigenvalue weighted by Gasteiger charge is -2.16. The average molecular weight is 433 g/mol. The van der Waals surface area contributed by atoms with Crippen molar-refractivity contribution in [3.8, 4) is 0 Å². The molecule has 0 aliphatic rings. The Morgan fingerprint density at radius 2 is 1.84 bits per heavy atom. The molecule has 2 N–H and O–H groups in total. The highest BCUT2D eigenvalue weighted by Crippen LogP contribution is 2.39. The molecule has 0 unspecified atom stereocenters. The van der Waals surface area contributed by atoms with Crippen LogP contribution in [-0.4, -0.2) is 14.3 Å². The molecular formula is C13H9Cl2F3N2O3S2. The van der Waals surface area contributed by atoms with Gasteiger partial charge in [0.15, 0.2) is 0 Å². The Labute approximate surface area is 154 Å². The van der Waals surface area contributed by atoms with Crippen LogP contribution in [0.2, 0.25) is 8.67 Å². The fourth-order valence-electron chi connectivity index (χ4n) is 1.86. The topological polar surface area (TPSA) is 75.3 Å². The number of benzene rings is 1. The van der Waals surface area contributed by atoms with Crippen molar-refractivity contribution in [3.63, 3.8) is 0 Å². The van der Waals surface area contributed by atoms with Gasteiger partial charge in [0, 0.05) is 12.6 Å². The van der Waals surface area contributed by atoms with Crippen molar-refractivity contribution in [2.75, 3.05) is 10.0 Å². The lowest BCUT2D eigenvalue weighted by molar-refractivity contribution is -0.136. The second kappa shape index (κ2) is 7.02. The molecule has 0 atom stereocenters. The molecule has 0 radical (unpaired) electrons. The summed E-state index contributed by atoms with van der Waals surface area (Å²) in [4.78, 5) is 10.6. The maximum absolute atomic E-state index is 13.2. The minimum absolute atomic E-state index is 0.0717. The second-order valence-electron chi connectivity index (χ2n) is 4.73. The molecule has 1 amide bonds. The van der Waals surface area contributed by atoms with Crippen molar-refractivity contribution in [2.24, 2.45) is 0 Å². The number of hydrogen-bond donors (Lipinski definition) is 2. The Balaban J connectivity index is 2.48. The maximum Gasteiger partial charge on any atom is 0.418 e. The van der Waals surface area contributed by atoms with Gasteiger partial charge >= 0.3 is 6.18 Å². The minimum atomic E-state index is -4.86. The van der Waals surface area contributed by atoms with Gasteiger partial charge < -0.3 is 5.32 Å². The maximum atomic E-state index is 13.2. The molecule has 1 aromatic heterocycles. The van der Waals surface area contributed by atoms with Crippen LogP contribution in [0, 0.1) is 0 Å². The van der Waals surface area contributed by atoms with E-state index >= 15 is 0 Å². The molecule has 136 valence electrons. The summed E-state index contributed by atoms with van der Waals surface area (Å²) in [6.07, 6.45) is -4.86. The zero-order chi connectivity index (χ0) is 19.0. The highest BCUT2D eigenvalue weighted by molar-refractivity contribution is 7.93. The Morgan fingerprint density at radius 1 is 1.20 bits per heavy atom. The summed E-state index contributed by atoms with van der Waals surface area (Å²) >= 11 is 12.2. The van der Waals surface area contributed by atoms with Crippen LogP contribution in [0.5, 0.6) is 0 Å². The molecule has 0 bridgehead atoms. The van der Waals surface area contributed by atoms with Crippen LogP contribution >= 0.6 is 34.5 Å². The fraction of sp³-hybridized carbons (Fsp3) is 0.154. The average Bonchev–Trinajstić information content (AvgIpc) is 2.78. The lowest BCUT2D eigenvalue weighted by Crippen LogP contribution is -2.17. The number of thiophene rings is 1. The molecule has 0 aliphatic heterocycles. The molecular weight excluding hydrogens is 424 g/mol. The van der Waals surface area contributed by atoms with E-state index in [4.69, 9.17) is 23.2 Å². The van der Waals surface area contributed by atoms with Gasteiger partial charge in [-0.1, -0.05) is 23.2 Å². The van der Waals surface area contributed by atoms with Crippen molar-refractivity contribution in [3.05, 3.63) is 38.5 Å². The standard InChI is InChI=1S/C13H9Cl2F3N2O3S2/c1-6(21)19-7-2-3-9(8(4-7)13(16,17)18)20-25(22,23)10-5-11(14)24-12(10)15/h2-5,20H,1H3,(H,19,21). The van der Waals surface area contributed by atoms with Gasteiger partial charge in [0.2, 0.25) is 5.91 Å². The number of carbonyl (C=O) groups excluding carboxylic acids is 1. The highest BCUT2D eigenvalue weighted by Gasteiger charge is 2.35. The van der Waals surface area contributed by atoms with Crippen LogP contribution in [0.25, 0.3) is 0 Å². The molecule has 2 aromatic rings. The Kier molecular flexibility index (Phi) is 5.57. The van der Waals surface area contributed by atoms with Gasteiger partial charge in [0.25, 0.3) is 10.0 Å². The van der Waals surface area contributed by atoms with Gasteiger partial charge in [-0.05, 0) is 24.3 Å². The zero-order valence-electron chi connectivity index (χ0n) is 12.2. The van der Waals surface area contributed by atoms with Crippen molar-refractivity contribution in [1.29, 1.82) is 0 Å². The summed E-state index contributed by atoms with van der Waals surface area (Å²) in [6.45, 7) is 1.13. The van der Waals surface area contributed by atoms with E-state index in [1.54, 1.807) is 0 Å². The van der Waals surface area contributed by atoms with Gasteiger partial charge in [-0.2, -0.15) is 13.2 Å². The third-order valence-electron chi connectivity index (χ3n) is 2.80. The van der Waals surface area contributed by atoms with E-state index in [1.807, 2.05) is 4.72 Å². The van der Waals surface area contributed by atoms with Crippen LogP contribution in [0.15, 0.2) is 29.2 Å². The quantitative estimate of drug-likeness (QED) is 0.725. The number of rotatable bonds is 4. The lowest BCUT2D eigenvalue weighted by atomic mass is 10.1. The van der Waals surface area contributed by atoms with Gasteiger partial charge in [0.1, 0.15) is 9.23 Å². The van der Waals surface area contributed by atoms with Gasteiger partial charge in [0.05, 0.1) is 15.6 Å². The monoisotopic (exact) mass is 432 g/mol. The predicted octanol–water partition coefficient (Wildman–Crippen LogP) is 4.83. The van der Waals surface area contributed by atoms with Crippen LogP contribution in [-0.2, 0) is 21.0 Å². The van der Waals surface area contributed by atoms with Crippen LogP contribution in [0.3, 0.4) is 0 Å². The van der Waals surface area contributed by atoms with Crippen molar-refractivity contribution >= 4 is 61.8 Å². The number of anilines is 2. The van der Waals surface area contributed by atoms with Gasteiger partial charge in [-0.3, -0.25) is 9.52 Å². The first-order chi connectivity index (χ1) is 11.4. The third kappa shape index (κ3) is 4.78. The second-order valence-corrected chi connectivity index (χ2v) is 8.67. The van der Waals surface area contributed by atoms with Crippen LogP contribution in [0.1, 0.15) is 12.5 Å². The first-order valence-corrected chi connectivity index (χ1v) is 9.42. The largest absolute Gasteiger partial charge is 0.418 e. The molecule has 12 heteroatoms. The molecule has 5 nitrogen and oxygen atoms in total. The number of hydrogen-bond acceptors (Lipinski definition) is 4. The zero-order valence-corrected chi connectivity index (χ0v) is 15.4. The normalized spacial score (nSPS) is 12.1. The van der Waals surface area contributed by atoms with E-state index in [2.05, 4.69) is 5.32 Å². The number of carbonyl (C=O) groups is 1. The molecule has 25 heavy (non-hydrogen) atoms. The van der Waals surface area contributed by atoms with E-state index in [9.17, 15) is 26.4 Å². The summed E-state index contributed by atoms with van der Waals surface area (Å²) in [5.74, 6) is -0.568. The van der Waals surface area contributed by atoms with Crippen molar-refractivity contribution in [1.82, 2.24) is 0 Å². The highest BCUT2D eigenvalue weighted by atomic mass is 35.5. The summed E-state index contributed by atoms with van der Waals surface area (Å²) < 4.78 is 66.0.